The van der Waals surface area contributed by atoms with Gasteiger partial charge in [0.1, 0.15) is 16.4 Å². The number of thiazole rings is 1. The number of rotatable bonds is 5. The molecule has 4 rings (SSSR count). The van der Waals surface area contributed by atoms with Crippen molar-refractivity contribution in [1.82, 2.24) is 10.3 Å². The van der Waals surface area contributed by atoms with E-state index in [1.54, 1.807) is 57.5 Å². The van der Waals surface area contributed by atoms with Gasteiger partial charge in [0.15, 0.2) is 5.01 Å². The quantitative estimate of drug-likeness (QED) is 0.508. The van der Waals surface area contributed by atoms with Gasteiger partial charge < -0.3 is 24.7 Å². The fourth-order valence-electron chi connectivity index (χ4n) is 3.34. The second-order valence-corrected chi connectivity index (χ2v) is 9.57. The summed E-state index contributed by atoms with van der Waals surface area (Å²) in [6, 6.07) is 8.85. The smallest absolute Gasteiger partial charge is 0.412 e. The number of nitrogens with zero attached hydrogens (tertiary/aromatic N) is 2. The molecule has 0 atom stereocenters. The van der Waals surface area contributed by atoms with E-state index in [0.29, 0.717) is 22.1 Å². The molecule has 2 aromatic heterocycles. The monoisotopic (exact) mass is 469 g/mol. The molecule has 0 radical (unpaired) electrons. The molecule has 1 aliphatic heterocycles. The van der Waals surface area contributed by atoms with E-state index in [9.17, 15) is 9.59 Å². The second-order valence-electron chi connectivity index (χ2n) is 8.56. The van der Waals surface area contributed by atoms with Crippen LogP contribution >= 0.6 is 11.3 Å². The molecule has 1 aromatic carbocycles. The van der Waals surface area contributed by atoms with E-state index in [-0.39, 0.29) is 5.91 Å². The van der Waals surface area contributed by atoms with Crippen molar-refractivity contribution in [1.29, 1.82) is 0 Å². The van der Waals surface area contributed by atoms with Crippen LogP contribution in [-0.4, -0.2) is 48.8 Å². The number of amides is 2. The van der Waals surface area contributed by atoms with Gasteiger partial charge in [0.2, 0.25) is 0 Å². The van der Waals surface area contributed by atoms with Crippen LogP contribution < -0.4 is 20.9 Å². The minimum absolute atomic E-state index is 0.343. The molecule has 3 aromatic rings. The predicted octanol–water partition coefficient (Wildman–Crippen LogP) is 4.41. The van der Waals surface area contributed by atoms with Crippen LogP contribution in [0.25, 0.3) is 11.3 Å². The number of nitrogens with one attached hydrogen (secondary N) is 3. The minimum Gasteiger partial charge on any atom is -0.464 e. The molecule has 3 N–H and O–H groups in total. The molecule has 9 nitrogen and oxygen atoms in total. The van der Waals surface area contributed by atoms with Gasteiger partial charge in [0.25, 0.3) is 5.91 Å². The Bertz CT molecular complexity index is 1110. The number of carbonyl (C=O) groups excluding carboxylic acids is 2. The molecule has 2 amide bonds. The van der Waals surface area contributed by atoms with Crippen LogP contribution in [0.4, 0.5) is 21.2 Å². The first-order valence-corrected chi connectivity index (χ1v) is 11.5. The van der Waals surface area contributed by atoms with E-state index in [2.05, 4.69) is 25.8 Å². The van der Waals surface area contributed by atoms with Crippen LogP contribution in [0.3, 0.4) is 0 Å². The molecular formula is C23H27N5O4S. The number of hydrogen-bond donors (Lipinski definition) is 3. The molecule has 1 fully saturated rings. The third kappa shape index (κ3) is 5.91. The van der Waals surface area contributed by atoms with Gasteiger partial charge in [-0.25, -0.2) is 9.78 Å². The highest BCUT2D eigenvalue weighted by molar-refractivity contribution is 7.17. The minimum atomic E-state index is -0.650. The lowest BCUT2D eigenvalue weighted by Gasteiger charge is -2.27. The van der Waals surface area contributed by atoms with Gasteiger partial charge in [0, 0.05) is 31.7 Å². The van der Waals surface area contributed by atoms with Crippen LogP contribution in [0.2, 0.25) is 0 Å². The molecule has 0 saturated carbocycles. The first-order valence-electron chi connectivity index (χ1n) is 10.7. The SMILES string of the molecule is CC(C)(C)OC(=O)Nc1ccc(-c2ccco2)cc1NC(=O)c1ncc(N2CCNCC2)s1. The molecule has 0 spiro atoms. The largest absolute Gasteiger partial charge is 0.464 e. The Morgan fingerprint density at radius 3 is 2.64 bits per heavy atom. The van der Waals surface area contributed by atoms with Gasteiger partial charge >= 0.3 is 6.09 Å². The second kappa shape index (κ2) is 9.63. The Balaban J connectivity index is 1.56. The number of furan rings is 1. The Labute approximate surface area is 196 Å². The van der Waals surface area contributed by atoms with E-state index < -0.39 is 11.7 Å². The number of hydrogen-bond acceptors (Lipinski definition) is 8. The topological polar surface area (TPSA) is 109 Å². The Morgan fingerprint density at radius 1 is 1.15 bits per heavy atom. The lowest BCUT2D eigenvalue weighted by molar-refractivity contribution is 0.0635. The summed E-state index contributed by atoms with van der Waals surface area (Å²) in [5.74, 6) is 0.287. The molecule has 0 unspecified atom stereocenters. The maximum atomic E-state index is 13.0. The normalized spacial score (nSPS) is 14.1. The van der Waals surface area contributed by atoms with Crippen LogP contribution in [-0.2, 0) is 4.74 Å². The van der Waals surface area contributed by atoms with E-state index in [1.807, 2.05) is 6.07 Å². The number of ether oxygens (including phenoxy) is 1. The predicted molar refractivity (Wildman–Crippen MR) is 129 cm³/mol. The maximum absolute atomic E-state index is 13.0. The summed E-state index contributed by atoms with van der Waals surface area (Å²) in [5, 5.41) is 10.2. The summed E-state index contributed by atoms with van der Waals surface area (Å²) in [5.41, 5.74) is 0.930. The lowest BCUT2D eigenvalue weighted by atomic mass is 10.1. The number of piperazine rings is 1. The molecular weight excluding hydrogens is 442 g/mol. The Kier molecular flexibility index (Phi) is 6.66. The average Bonchev–Trinajstić information content (AvgIpc) is 3.47. The van der Waals surface area contributed by atoms with E-state index in [1.165, 1.54) is 11.3 Å². The van der Waals surface area contributed by atoms with Crippen LogP contribution in [0.15, 0.2) is 47.2 Å². The van der Waals surface area contributed by atoms with Crippen molar-refractivity contribution in [2.75, 3.05) is 41.7 Å². The van der Waals surface area contributed by atoms with Crippen molar-refractivity contribution in [3.8, 4) is 11.3 Å². The third-order valence-corrected chi connectivity index (χ3v) is 5.88. The Morgan fingerprint density at radius 2 is 1.94 bits per heavy atom. The summed E-state index contributed by atoms with van der Waals surface area (Å²) >= 11 is 1.34. The van der Waals surface area contributed by atoms with Gasteiger partial charge in [0.05, 0.1) is 23.8 Å². The molecule has 0 aliphatic carbocycles. The fraction of sp³-hybridized carbons (Fsp3) is 0.348. The van der Waals surface area contributed by atoms with Crippen LogP contribution in [0, 0.1) is 0 Å². The molecule has 10 heteroatoms. The summed E-state index contributed by atoms with van der Waals surface area (Å²) in [6.45, 7) is 8.91. The zero-order valence-corrected chi connectivity index (χ0v) is 19.6. The van der Waals surface area contributed by atoms with Crippen molar-refractivity contribution in [3.05, 3.63) is 47.8 Å². The zero-order valence-electron chi connectivity index (χ0n) is 18.8. The van der Waals surface area contributed by atoms with Crippen molar-refractivity contribution >= 4 is 39.7 Å². The standard InChI is InChI=1S/C23H27N5O4S/c1-23(2,3)32-22(30)27-16-7-6-15(18-5-4-12-31-18)13-17(16)26-20(29)21-25-14-19(33-21)28-10-8-24-9-11-28/h4-7,12-14,24H,8-11H2,1-3H3,(H,26,29)(H,27,30). The molecule has 1 aliphatic rings. The van der Waals surface area contributed by atoms with Crippen molar-refractivity contribution in [2.45, 2.75) is 26.4 Å². The molecule has 3 heterocycles. The lowest BCUT2D eigenvalue weighted by Crippen LogP contribution is -2.43. The highest BCUT2D eigenvalue weighted by atomic mass is 32.1. The summed E-state index contributed by atoms with van der Waals surface area (Å²) in [7, 11) is 0. The zero-order chi connectivity index (χ0) is 23.4. The van der Waals surface area contributed by atoms with Gasteiger partial charge in [-0.2, -0.15) is 0 Å². The highest BCUT2D eigenvalue weighted by Crippen LogP contribution is 2.31. The third-order valence-electron chi connectivity index (χ3n) is 4.83. The van der Waals surface area contributed by atoms with Gasteiger partial charge in [-0.1, -0.05) is 11.3 Å². The highest BCUT2D eigenvalue weighted by Gasteiger charge is 2.21. The van der Waals surface area contributed by atoms with E-state index in [0.717, 1.165) is 36.7 Å². The molecule has 174 valence electrons. The van der Waals surface area contributed by atoms with E-state index in [4.69, 9.17) is 9.15 Å². The van der Waals surface area contributed by atoms with Crippen molar-refractivity contribution in [3.63, 3.8) is 0 Å². The number of carbonyl (C=O) groups is 2. The number of anilines is 3. The molecule has 33 heavy (non-hydrogen) atoms. The first kappa shape index (κ1) is 22.8. The summed E-state index contributed by atoms with van der Waals surface area (Å²) < 4.78 is 10.8. The van der Waals surface area contributed by atoms with Crippen molar-refractivity contribution in [2.24, 2.45) is 0 Å². The summed E-state index contributed by atoms with van der Waals surface area (Å²) in [4.78, 5) is 31.9. The van der Waals surface area contributed by atoms with Gasteiger partial charge in [-0.3, -0.25) is 10.1 Å². The fourth-order valence-corrected chi connectivity index (χ4v) is 4.21. The van der Waals surface area contributed by atoms with Gasteiger partial charge in [-0.15, -0.1) is 0 Å². The number of benzene rings is 1. The molecule has 0 bridgehead atoms. The average molecular weight is 470 g/mol. The maximum Gasteiger partial charge on any atom is 0.412 e. The first-order chi connectivity index (χ1) is 15.8. The Hall–Kier alpha value is -3.37. The molecule has 1 saturated heterocycles. The van der Waals surface area contributed by atoms with Crippen LogP contribution in [0.1, 0.15) is 30.6 Å². The van der Waals surface area contributed by atoms with Crippen LogP contribution in [0.5, 0.6) is 0 Å². The van der Waals surface area contributed by atoms with E-state index >= 15 is 0 Å². The van der Waals surface area contributed by atoms with Crippen molar-refractivity contribution < 1.29 is 18.7 Å². The number of aromatic nitrogens is 1. The summed E-state index contributed by atoms with van der Waals surface area (Å²) in [6.07, 6.45) is 2.69. The van der Waals surface area contributed by atoms with Gasteiger partial charge in [-0.05, 0) is 51.1 Å².